The van der Waals surface area contributed by atoms with Crippen LogP contribution in [0.5, 0.6) is 0 Å². The number of pyridine rings is 1. The lowest BCUT2D eigenvalue weighted by Gasteiger charge is -2.14. The first-order valence-electron chi connectivity index (χ1n) is 10.5. The molecular formula is C24H18ClN5O4. The van der Waals surface area contributed by atoms with Gasteiger partial charge < -0.3 is 10.3 Å². The number of rotatable bonds is 6. The molecule has 2 aromatic heterocycles. The van der Waals surface area contributed by atoms with E-state index in [4.69, 9.17) is 16.7 Å². The largest absolute Gasteiger partial charge is 0.618 e. The number of aromatic carboxylic acids is 1. The number of hydrogen-bond donors (Lipinski definition) is 1. The standard InChI is InChI=1S/C24H18ClN5O4/c25-18-6-8-21(29-13-26-27-28-29)20(11-18)17-10-16-5-7-19(23(16)30(34)12-17)22(31)9-14-1-3-15(4-2-14)24(32)33/h1-4,6,8,10-13,19H,5,7,9H2,(H,32,33). The fraction of sp³-hybridized carbons (Fsp3) is 0.167. The van der Waals surface area contributed by atoms with Gasteiger partial charge in [0.25, 0.3) is 0 Å². The van der Waals surface area contributed by atoms with Crippen molar-refractivity contribution in [1.82, 2.24) is 20.2 Å². The van der Waals surface area contributed by atoms with Crippen LogP contribution in [0.2, 0.25) is 5.02 Å². The highest BCUT2D eigenvalue weighted by molar-refractivity contribution is 6.31. The number of tetrazole rings is 1. The van der Waals surface area contributed by atoms with Crippen LogP contribution in [0.1, 0.15) is 39.5 Å². The lowest BCUT2D eigenvalue weighted by molar-refractivity contribution is -0.613. The molecular weight excluding hydrogens is 458 g/mol. The number of carboxylic acids is 1. The number of hydrogen-bond acceptors (Lipinski definition) is 6. The average Bonchev–Trinajstić information content (AvgIpc) is 3.50. The van der Waals surface area contributed by atoms with Crippen molar-refractivity contribution in [2.45, 2.75) is 25.2 Å². The summed E-state index contributed by atoms with van der Waals surface area (Å²) in [4.78, 5) is 24.1. The molecule has 0 saturated carbocycles. The maximum absolute atomic E-state index is 13.1. The van der Waals surface area contributed by atoms with E-state index in [1.165, 1.54) is 29.3 Å². The number of ketones is 1. The van der Waals surface area contributed by atoms with Crippen LogP contribution in [-0.2, 0) is 17.6 Å². The molecule has 170 valence electrons. The van der Waals surface area contributed by atoms with Crippen LogP contribution in [0.4, 0.5) is 0 Å². The van der Waals surface area contributed by atoms with Gasteiger partial charge in [-0.25, -0.2) is 4.79 Å². The molecule has 1 aliphatic rings. The summed E-state index contributed by atoms with van der Waals surface area (Å²) >= 11 is 6.23. The van der Waals surface area contributed by atoms with Crippen LogP contribution in [0.25, 0.3) is 16.8 Å². The van der Waals surface area contributed by atoms with Gasteiger partial charge in [0.15, 0.2) is 12.0 Å². The zero-order valence-corrected chi connectivity index (χ0v) is 18.5. The highest BCUT2D eigenvalue weighted by Crippen LogP contribution is 2.36. The molecule has 10 heteroatoms. The maximum atomic E-state index is 13.1. The Labute approximate surface area is 198 Å². The second-order valence-electron chi connectivity index (χ2n) is 8.12. The van der Waals surface area contributed by atoms with Crippen molar-refractivity contribution >= 4 is 23.4 Å². The summed E-state index contributed by atoms with van der Waals surface area (Å²) < 4.78 is 2.27. The van der Waals surface area contributed by atoms with Crippen LogP contribution >= 0.6 is 11.6 Å². The van der Waals surface area contributed by atoms with Gasteiger partial charge in [0.05, 0.1) is 11.3 Å². The minimum atomic E-state index is -1.02. The summed E-state index contributed by atoms with van der Waals surface area (Å²) in [6, 6.07) is 13.4. The Morgan fingerprint density at radius 1 is 1.18 bits per heavy atom. The second-order valence-corrected chi connectivity index (χ2v) is 8.55. The van der Waals surface area contributed by atoms with Crippen LogP contribution in [0.3, 0.4) is 0 Å². The third kappa shape index (κ3) is 4.01. The van der Waals surface area contributed by atoms with E-state index < -0.39 is 11.9 Å². The van der Waals surface area contributed by atoms with Crippen molar-refractivity contribution in [3.05, 3.63) is 93.7 Å². The molecule has 9 nitrogen and oxygen atoms in total. The van der Waals surface area contributed by atoms with E-state index in [-0.39, 0.29) is 17.8 Å². The van der Waals surface area contributed by atoms with Crippen LogP contribution in [0.15, 0.2) is 61.1 Å². The molecule has 1 N–H and O–H groups in total. The number of carbonyl (C=O) groups excluding carboxylic acids is 1. The van der Waals surface area contributed by atoms with Crippen LogP contribution in [0, 0.1) is 5.21 Å². The number of aromatic nitrogens is 5. The number of fused-ring (bicyclic) bond motifs is 1. The van der Waals surface area contributed by atoms with Gasteiger partial charge >= 0.3 is 5.97 Å². The molecule has 0 saturated heterocycles. The number of Topliss-reactive ketones (excluding diaryl/α,β-unsaturated/α-hetero) is 1. The predicted octanol–water partition coefficient (Wildman–Crippen LogP) is 3.16. The summed E-state index contributed by atoms with van der Waals surface area (Å²) in [5.74, 6) is -1.61. The highest BCUT2D eigenvalue weighted by atomic mass is 35.5. The quantitative estimate of drug-likeness (QED) is 0.335. The number of benzene rings is 2. The smallest absolute Gasteiger partial charge is 0.335 e. The molecule has 34 heavy (non-hydrogen) atoms. The minimum Gasteiger partial charge on any atom is -0.618 e. The van der Waals surface area contributed by atoms with Crippen molar-refractivity contribution < 1.29 is 19.4 Å². The molecule has 0 spiro atoms. The van der Waals surface area contributed by atoms with Crippen molar-refractivity contribution in [2.24, 2.45) is 0 Å². The van der Waals surface area contributed by atoms with E-state index in [2.05, 4.69) is 15.5 Å². The van der Waals surface area contributed by atoms with Gasteiger partial charge in [-0.15, -0.1) is 5.10 Å². The zero-order chi connectivity index (χ0) is 23.8. The number of carbonyl (C=O) groups is 2. The first-order valence-corrected chi connectivity index (χ1v) is 10.9. The number of aryl methyl sites for hydroxylation is 1. The van der Waals surface area contributed by atoms with Crippen molar-refractivity contribution in [3.8, 4) is 16.8 Å². The average molecular weight is 476 g/mol. The molecule has 4 aromatic rings. The van der Waals surface area contributed by atoms with Crippen molar-refractivity contribution in [1.29, 1.82) is 0 Å². The Morgan fingerprint density at radius 2 is 1.97 bits per heavy atom. The van der Waals surface area contributed by atoms with E-state index in [9.17, 15) is 14.8 Å². The van der Waals surface area contributed by atoms with E-state index in [0.29, 0.717) is 45.9 Å². The number of carboxylic acid groups (broad SMARTS) is 1. The van der Waals surface area contributed by atoms with Crippen molar-refractivity contribution in [3.63, 3.8) is 0 Å². The predicted molar refractivity (Wildman–Crippen MR) is 122 cm³/mol. The van der Waals surface area contributed by atoms with Gasteiger partial charge in [0.1, 0.15) is 12.2 Å². The Balaban J connectivity index is 1.45. The fourth-order valence-corrected chi connectivity index (χ4v) is 4.58. The van der Waals surface area contributed by atoms with Gasteiger partial charge in [0, 0.05) is 28.1 Å². The van der Waals surface area contributed by atoms with Gasteiger partial charge in [0.2, 0.25) is 5.69 Å². The third-order valence-corrected chi connectivity index (χ3v) is 6.25. The molecule has 0 radical (unpaired) electrons. The van der Waals surface area contributed by atoms with Gasteiger partial charge in [-0.05, 0) is 65.2 Å². The van der Waals surface area contributed by atoms with Crippen LogP contribution in [-0.4, -0.2) is 37.1 Å². The minimum absolute atomic E-state index is 0.0729. The molecule has 0 amide bonds. The van der Waals surface area contributed by atoms with Crippen LogP contribution < -0.4 is 4.73 Å². The Hall–Kier alpha value is -4.11. The number of nitrogens with zero attached hydrogens (tertiary/aromatic N) is 5. The highest BCUT2D eigenvalue weighted by Gasteiger charge is 2.36. The summed E-state index contributed by atoms with van der Waals surface area (Å²) in [5.41, 5.74) is 4.16. The maximum Gasteiger partial charge on any atom is 0.335 e. The molecule has 0 aliphatic heterocycles. The molecule has 1 aliphatic carbocycles. The lowest BCUT2D eigenvalue weighted by Crippen LogP contribution is -2.35. The molecule has 1 atom stereocenters. The topological polar surface area (TPSA) is 125 Å². The van der Waals surface area contributed by atoms with Crippen molar-refractivity contribution in [2.75, 3.05) is 0 Å². The number of halogens is 1. The fourth-order valence-electron chi connectivity index (χ4n) is 4.41. The molecule has 2 aromatic carbocycles. The SMILES string of the molecule is O=C(O)c1ccc(CC(=O)C2CCc3cc(-c4cc(Cl)ccc4-n4cnnn4)c[n+]([O-])c32)cc1. The first kappa shape index (κ1) is 21.7. The Morgan fingerprint density at radius 3 is 2.68 bits per heavy atom. The monoisotopic (exact) mass is 475 g/mol. The lowest BCUT2D eigenvalue weighted by atomic mass is 9.94. The van der Waals surface area contributed by atoms with E-state index in [0.717, 1.165) is 10.3 Å². The molecule has 2 heterocycles. The van der Waals surface area contributed by atoms with Gasteiger partial charge in [-0.2, -0.15) is 9.41 Å². The Bertz CT molecular complexity index is 1400. The first-order chi connectivity index (χ1) is 16.4. The van der Waals surface area contributed by atoms with Gasteiger partial charge in [-0.1, -0.05) is 23.7 Å². The summed E-state index contributed by atoms with van der Waals surface area (Å²) in [5, 5.41) is 33.9. The molecule has 5 rings (SSSR count). The van der Waals surface area contributed by atoms with E-state index >= 15 is 0 Å². The molecule has 1 unspecified atom stereocenters. The molecule has 0 fully saturated rings. The normalized spacial score (nSPS) is 14.7. The van der Waals surface area contributed by atoms with Gasteiger partial charge in [-0.3, -0.25) is 4.79 Å². The summed E-state index contributed by atoms with van der Waals surface area (Å²) in [7, 11) is 0. The molecule has 0 bridgehead atoms. The second kappa shape index (κ2) is 8.68. The summed E-state index contributed by atoms with van der Waals surface area (Å²) in [6.07, 6.45) is 4.18. The Kier molecular flexibility index (Phi) is 5.54. The summed E-state index contributed by atoms with van der Waals surface area (Å²) in [6.45, 7) is 0. The van der Waals surface area contributed by atoms with E-state index in [1.54, 1.807) is 30.3 Å². The van der Waals surface area contributed by atoms with E-state index in [1.807, 2.05) is 6.07 Å². The zero-order valence-electron chi connectivity index (χ0n) is 17.8. The third-order valence-electron chi connectivity index (χ3n) is 6.02.